The van der Waals surface area contributed by atoms with Gasteiger partial charge in [-0.3, -0.25) is 9.59 Å². The normalized spacial score (nSPS) is 21.2. The molecule has 5 rings (SSSR count). The van der Waals surface area contributed by atoms with Gasteiger partial charge in [-0.2, -0.15) is 0 Å². The number of para-hydroxylation sites is 1. The standard InChI is InChI=1S/C24H19NO3/c26-22-20-12-6-7-13-21(20)24(23(27)25(22)19-10-2-1-3-11-19)16-18-9-5-4-8-17(18)14-15-28-24/h1-13H,14-16H2. The van der Waals surface area contributed by atoms with Crippen LogP contribution in [0.15, 0.2) is 78.9 Å². The Kier molecular flexibility index (Phi) is 3.88. The first-order valence-corrected chi connectivity index (χ1v) is 9.45. The first-order chi connectivity index (χ1) is 13.7. The smallest absolute Gasteiger partial charge is 0.271 e. The van der Waals surface area contributed by atoms with E-state index in [9.17, 15) is 9.59 Å². The van der Waals surface area contributed by atoms with E-state index >= 15 is 0 Å². The van der Waals surface area contributed by atoms with Crippen molar-refractivity contribution in [2.45, 2.75) is 18.4 Å². The summed E-state index contributed by atoms with van der Waals surface area (Å²) < 4.78 is 6.31. The summed E-state index contributed by atoms with van der Waals surface area (Å²) in [6.07, 6.45) is 1.16. The van der Waals surface area contributed by atoms with Gasteiger partial charge >= 0.3 is 0 Å². The Morgan fingerprint density at radius 1 is 0.786 bits per heavy atom. The topological polar surface area (TPSA) is 46.6 Å². The van der Waals surface area contributed by atoms with Gasteiger partial charge in [0.05, 0.1) is 12.3 Å². The van der Waals surface area contributed by atoms with Crippen molar-refractivity contribution >= 4 is 17.5 Å². The minimum atomic E-state index is -1.20. The lowest BCUT2D eigenvalue weighted by atomic mass is 9.79. The highest BCUT2D eigenvalue weighted by Gasteiger charge is 2.53. The summed E-state index contributed by atoms with van der Waals surface area (Å²) in [5.74, 6) is -0.627. The Balaban J connectivity index is 1.73. The van der Waals surface area contributed by atoms with Crippen molar-refractivity contribution in [3.05, 3.63) is 101 Å². The van der Waals surface area contributed by atoms with E-state index in [0.717, 1.165) is 12.0 Å². The van der Waals surface area contributed by atoms with E-state index in [-0.39, 0.29) is 11.8 Å². The van der Waals surface area contributed by atoms with Crippen molar-refractivity contribution in [1.82, 2.24) is 0 Å². The number of imide groups is 1. The number of benzene rings is 3. The average molecular weight is 369 g/mol. The van der Waals surface area contributed by atoms with Gasteiger partial charge in [-0.15, -0.1) is 0 Å². The van der Waals surface area contributed by atoms with Crippen molar-refractivity contribution in [2.24, 2.45) is 0 Å². The molecular formula is C24H19NO3. The second kappa shape index (κ2) is 6.43. The van der Waals surface area contributed by atoms with Gasteiger partial charge in [0.2, 0.25) is 0 Å². The summed E-state index contributed by atoms with van der Waals surface area (Å²) in [5, 5.41) is 0. The molecule has 3 aromatic carbocycles. The van der Waals surface area contributed by atoms with Crippen LogP contribution in [0.25, 0.3) is 0 Å². The summed E-state index contributed by atoms with van der Waals surface area (Å²) in [4.78, 5) is 28.3. The quantitative estimate of drug-likeness (QED) is 0.612. The largest absolute Gasteiger partial charge is 0.360 e. The molecule has 2 aliphatic rings. The van der Waals surface area contributed by atoms with E-state index in [4.69, 9.17) is 4.74 Å². The number of hydrogen-bond donors (Lipinski definition) is 0. The lowest BCUT2D eigenvalue weighted by Crippen LogP contribution is -2.57. The van der Waals surface area contributed by atoms with Crippen LogP contribution in [0.2, 0.25) is 0 Å². The van der Waals surface area contributed by atoms with Gasteiger partial charge < -0.3 is 4.74 Å². The predicted octanol–water partition coefficient (Wildman–Crippen LogP) is 3.88. The molecule has 0 aromatic heterocycles. The number of carbonyl (C=O) groups is 2. The molecule has 138 valence electrons. The highest BCUT2D eigenvalue weighted by molar-refractivity contribution is 6.27. The molecule has 0 saturated heterocycles. The maximum absolute atomic E-state index is 13.8. The van der Waals surface area contributed by atoms with Crippen molar-refractivity contribution in [3.8, 4) is 0 Å². The molecule has 0 bridgehead atoms. The lowest BCUT2D eigenvalue weighted by Gasteiger charge is -2.41. The van der Waals surface area contributed by atoms with Crippen LogP contribution in [-0.2, 0) is 28.0 Å². The first kappa shape index (κ1) is 16.9. The molecule has 2 heterocycles. The molecule has 3 aromatic rings. The third-order valence-electron chi connectivity index (χ3n) is 5.64. The van der Waals surface area contributed by atoms with Crippen LogP contribution in [0, 0.1) is 0 Å². The van der Waals surface area contributed by atoms with E-state index < -0.39 is 5.60 Å². The molecule has 2 amide bonds. The van der Waals surface area contributed by atoms with Crippen molar-refractivity contribution in [3.63, 3.8) is 0 Å². The molecule has 1 spiro atoms. The minimum Gasteiger partial charge on any atom is -0.360 e. The van der Waals surface area contributed by atoms with Gasteiger partial charge in [-0.25, -0.2) is 4.90 Å². The average Bonchev–Trinajstić information content (AvgIpc) is 2.94. The fourth-order valence-corrected chi connectivity index (χ4v) is 4.28. The molecule has 4 nitrogen and oxygen atoms in total. The number of carbonyl (C=O) groups excluding carboxylic acids is 2. The fourth-order valence-electron chi connectivity index (χ4n) is 4.28. The number of fused-ring (bicyclic) bond motifs is 3. The minimum absolute atomic E-state index is 0.307. The van der Waals surface area contributed by atoms with Crippen LogP contribution in [0.3, 0.4) is 0 Å². The zero-order valence-electron chi connectivity index (χ0n) is 15.3. The number of rotatable bonds is 1. The lowest BCUT2D eigenvalue weighted by molar-refractivity contribution is -0.145. The monoisotopic (exact) mass is 369 g/mol. The summed E-state index contributed by atoms with van der Waals surface area (Å²) in [7, 11) is 0. The van der Waals surface area contributed by atoms with Gasteiger partial charge in [-0.05, 0) is 35.7 Å². The van der Waals surface area contributed by atoms with Gasteiger partial charge in [0.25, 0.3) is 11.8 Å². The van der Waals surface area contributed by atoms with Gasteiger partial charge in [0, 0.05) is 17.5 Å². The highest BCUT2D eigenvalue weighted by Crippen LogP contribution is 2.42. The molecule has 1 unspecified atom stereocenters. The molecule has 0 N–H and O–H groups in total. The van der Waals surface area contributed by atoms with E-state index in [1.807, 2.05) is 54.6 Å². The summed E-state index contributed by atoms with van der Waals surface area (Å²) in [5.41, 5.74) is 2.82. The number of amides is 2. The van der Waals surface area contributed by atoms with Crippen LogP contribution in [0.1, 0.15) is 27.0 Å². The van der Waals surface area contributed by atoms with Crippen molar-refractivity contribution < 1.29 is 14.3 Å². The highest BCUT2D eigenvalue weighted by atomic mass is 16.5. The van der Waals surface area contributed by atoms with Crippen LogP contribution in [0.5, 0.6) is 0 Å². The Labute approximate surface area is 163 Å². The molecule has 0 saturated carbocycles. The Morgan fingerprint density at radius 2 is 1.46 bits per heavy atom. The summed E-state index contributed by atoms with van der Waals surface area (Å²) in [6, 6.07) is 24.5. The van der Waals surface area contributed by atoms with Crippen molar-refractivity contribution in [2.75, 3.05) is 11.5 Å². The number of nitrogens with zero attached hydrogens (tertiary/aromatic N) is 1. The van der Waals surface area contributed by atoms with Gasteiger partial charge in [0.1, 0.15) is 0 Å². The maximum atomic E-state index is 13.8. The number of anilines is 1. The zero-order valence-corrected chi connectivity index (χ0v) is 15.3. The number of hydrogen-bond acceptors (Lipinski definition) is 3. The summed E-state index contributed by atoms with van der Waals surface area (Å²) >= 11 is 0. The molecule has 0 fully saturated rings. The van der Waals surface area contributed by atoms with E-state index in [2.05, 4.69) is 6.07 Å². The fraction of sp³-hybridized carbons (Fsp3) is 0.167. The molecule has 0 aliphatic carbocycles. The second-order valence-corrected chi connectivity index (χ2v) is 7.20. The molecule has 1 atom stereocenters. The van der Waals surface area contributed by atoms with Gasteiger partial charge in [0.15, 0.2) is 5.60 Å². The molecule has 2 aliphatic heterocycles. The van der Waals surface area contributed by atoms with Crippen LogP contribution >= 0.6 is 0 Å². The number of ether oxygens (including phenoxy) is 1. The van der Waals surface area contributed by atoms with E-state index in [1.54, 1.807) is 18.2 Å². The Morgan fingerprint density at radius 3 is 2.29 bits per heavy atom. The van der Waals surface area contributed by atoms with Gasteiger partial charge in [-0.1, -0.05) is 60.7 Å². The first-order valence-electron chi connectivity index (χ1n) is 9.45. The van der Waals surface area contributed by atoms with Crippen LogP contribution < -0.4 is 4.90 Å². The molecule has 4 heteroatoms. The molecular weight excluding hydrogens is 350 g/mol. The maximum Gasteiger partial charge on any atom is 0.271 e. The molecule has 28 heavy (non-hydrogen) atoms. The van der Waals surface area contributed by atoms with Crippen LogP contribution in [-0.4, -0.2) is 18.4 Å². The zero-order chi connectivity index (χ0) is 19.1. The third kappa shape index (κ3) is 2.42. The van der Waals surface area contributed by atoms with E-state index in [0.29, 0.717) is 29.8 Å². The van der Waals surface area contributed by atoms with Crippen LogP contribution in [0.4, 0.5) is 5.69 Å². The second-order valence-electron chi connectivity index (χ2n) is 7.20. The third-order valence-corrected chi connectivity index (χ3v) is 5.64. The van der Waals surface area contributed by atoms with E-state index in [1.165, 1.54) is 10.5 Å². The van der Waals surface area contributed by atoms with Crippen molar-refractivity contribution in [1.29, 1.82) is 0 Å². The Bertz CT molecular complexity index is 1080. The summed E-state index contributed by atoms with van der Waals surface area (Å²) in [6.45, 7) is 0.425. The Hall–Kier alpha value is -3.24. The predicted molar refractivity (Wildman–Crippen MR) is 106 cm³/mol. The SMILES string of the molecule is O=C1c2ccccc2C2(Cc3ccccc3CCO2)C(=O)N1c1ccccc1. The molecule has 0 radical (unpaired) electrons.